The van der Waals surface area contributed by atoms with Crippen LogP contribution >= 0.6 is 23.2 Å². The molecule has 12 nitrogen and oxygen atoms in total. The Labute approximate surface area is 299 Å². The number of ether oxygens (including phenoxy) is 3. The number of aromatic nitrogens is 5. The van der Waals surface area contributed by atoms with Gasteiger partial charge in [0.1, 0.15) is 30.8 Å². The smallest absolute Gasteiger partial charge is 0.351 e. The van der Waals surface area contributed by atoms with Crippen molar-refractivity contribution in [2.75, 3.05) is 49.2 Å². The van der Waals surface area contributed by atoms with Crippen LogP contribution in [0.2, 0.25) is 10.0 Å². The van der Waals surface area contributed by atoms with Gasteiger partial charge in [-0.15, -0.1) is 0 Å². The molecule has 260 valence electrons. The number of imidazole rings is 1. The lowest BCUT2D eigenvalue weighted by Gasteiger charge is -2.37. The average molecular weight is 719 g/mol. The molecule has 0 N–H and O–H groups in total. The second-order valence-electron chi connectivity index (χ2n) is 12.5. The molecule has 14 heteroatoms. The summed E-state index contributed by atoms with van der Waals surface area (Å²) in [6.07, 6.45) is 6.41. The van der Waals surface area contributed by atoms with Crippen molar-refractivity contribution >= 4 is 40.4 Å². The highest BCUT2D eigenvalue weighted by atomic mass is 35.5. The Morgan fingerprint density at radius 2 is 1.62 bits per heavy atom. The number of ketones is 1. The number of piperazine rings is 1. The van der Waals surface area contributed by atoms with E-state index in [9.17, 15) is 9.59 Å². The van der Waals surface area contributed by atoms with E-state index in [4.69, 9.17) is 37.4 Å². The number of rotatable bonds is 11. The van der Waals surface area contributed by atoms with E-state index < -0.39 is 11.8 Å². The Bertz CT molecular complexity index is 1990. The number of halogens is 2. The Kier molecular flexibility index (Phi) is 9.69. The van der Waals surface area contributed by atoms with Gasteiger partial charge in [-0.3, -0.25) is 4.79 Å². The topological polar surface area (TPSA) is 109 Å². The summed E-state index contributed by atoms with van der Waals surface area (Å²) in [5.74, 6) is -0.481. The third-order valence-electron chi connectivity index (χ3n) is 9.21. The molecule has 0 saturated carbocycles. The first-order chi connectivity index (χ1) is 24.2. The number of carbonyl (C=O) groups excluding carboxylic acids is 1. The molecular formula is C36H37Cl2N7O5. The molecule has 2 saturated heterocycles. The minimum absolute atomic E-state index is 0.118. The lowest BCUT2D eigenvalue weighted by Crippen LogP contribution is -2.46. The zero-order valence-corrected chi connectivity index (χ0v) is 29.2. The van der Waals surface area contributed by atoms with E-state index >= 15 is 0 Å². The van der Waals surface area contributed by atoms with Gasteiger partial charge < -0.3 is 28.6 Å². The normalized spacial score (nSPS) is 19.9. The summed E-state index contributed by atoms with van der Waals surface area (Å²) in [5.41, 5.74) is 3.27. The summed E-state index contributed by atoms with van der Waals surface area (Å²) < 4.78 is 23.5. The molecule has 3 atom stereocenters. The van der Waals surface area contributed by atoms with Crippen LogP contribution in [0.5, 0.6) is 5.75 Å². The van der Waals surface area contributed by atoms with Gasteiger partial charge in [0, 0.05) is 60.5 Å². The van der Waals surface area contributed by atoms with Crippen LogP contribution in [0.4, 0.5) is 11.4 Å². The number of Topliss-reactive ketones (excluding diaryl/α,β-unsaturated/α-hetero) is 1. The number of benzene rings is 3. The van der Waals surface area contributed by atoms with Crippen molar-refractivity contribution in [3.8, 4) is 11.4 Å². The molecule has 7 rings (SSSR count). The van der Waals surface area contributed by atoms with Crippen molar-refractivity contribution in [1.82, 2.24) is 23.9 Å². The molecule has 0 spiro atoms. The lowest BCUT2D eigenvalue weighted by molar-refractivity contribution is -0.189. The maximum atomic E-state index is 12.8. The van der Waals surface area contributed by atoms with E-state index in [1.807, 2.05) is 53.2 Å². The predicted molar refractivity (Wildman–Crippen MR) is 191 cm³/mol. The zero-order valence-electron chi connectivity index (χ0n) is 27.7. The van der Waals surface area contributed by atoms with Gasteiger partial charge in [-0.25, -0.2) is 19.0 Å². The summed E-state index contributed by atoms with van der Waals surface area (Å²) in [4.78, 5) is 33.4. The van der Waals surface area contributed by atoms with Crippen LogP contribution in [-0.2, 0) is 26.6 Å². The number of nitrogens with zero attached hydrogens (tertiary/aromatic N) is 7. The van der Waals surface area contributed by atoms with Crippen LogP contribution in [0, 0.1) is 0 Å². The molecule has 4 heterocycles. The van der Waals surface area contributed by atoms with Crippen molar-refractivity contribution in [3.63, 3.8) is 0 Å². The Hall–Kier alpha value is -4.62. The first kappa shape index (κ1) is 33.9. The standard InChI is InChI=1S/C36H37Cl2N7O5/c1-25(26(2)46)45-35(47)44(24-40-45)30-6-4-28(5-7-30)42-15-17-43(18-16-42)29-8-10-31(11-9-29)48-20-32-21-49-36(50-32,22-41-14-13-39-23-41)33-12-3-27(37)19-34(33)38/h3-14,19,23-25,32H,15-18,20-22H2,1-2H3/t25?,32-,36-/m1/s1. The summed E-state index contributed by atoms with van der Waals surface area (Å²) in [7, 11) is 0. The molecule has 1 unspecified atom stereocenters. The highest BCUT2D eigenvalue weighted by Crippen LogP contribution is 2.40. The van der Waals surface area contributed by atoms with Crippen molar-refractivity contribution in [2.45, 2.75) is 38.3 Å². The second-order valence-corrected chi connectivity index (χ2v) is 13.3. The summed E-state index contributed by atoms with van der Waals surface area (Å²) >= 11 is 12.8. The minimum atomic E-state index is -1.11. The molecule has 2 aliphatic rings. The summed E-state index contributed by atoms with van der Waals surface area (Å²) in [6.45, 7) is 7.55. The molecule has 0 bridgehead atoms. The van der Waals surface area contributed by atoms with E-state index in [-0.39, 0.29) is 17.6 Å². The first-order valence-corrected chi connectivity index (χ1v) is 17.2. The lowest BCUT2D eigenvalue weighted by atomic mass is 10.1. The third-order valence-corrected chi connectivity index (χ3v) is 9.76. The minimum Gasteiger partial charge on any atom is -0.491 e. The molecule has 50 heavy (non-hydrogen) atoms. The van der Waals surface area contributed by atoms with E-state index in [0.717, 1.165) is 43.3 Å². The van der Waals surface area contributed by atoms with Crippen LogP contribution in [0.15, 0.2) is 96.6 Å². The summed E-state index contributed by atoms with van der Waals surface area (Å²) in [6, 6.07) is 20.6. The molecular weight excluding hydrogens is 681 g/mol. The highest BCUT2D eigenvalue weighted by Gasteiger charge is 2.45. The zero-order chi connectivity index (χ0) is 34.8. The highest BCUT2D eigenvalue weighted by molar-refractivity contribution is 6.35. The Balaban J connectivity index is 0.925. The number of anilines is 2. The van der Waals surface area contributed by atoms with Crippen molar-refractivity contribution in [3.05, 3.63) is 118 Å². The molecule has 2 aliphatic heterocycles. The van der Waals surface area contributed by atoms with Gasteiger partial charge in [0.2, 0.25) is 5.79 Å². The monoisotopic (exact) mass is 717 g/mol. The van der Waals surface area contributed by atoms with Crippen LogP contribution in [0.1, 0.15) is 25.5 Å². The molecule has 5 aromatic rings. The van der Waals surface area contributed by atoms with E-state index in [1.165, 1.54) is 22.5 Å². The summed E-state index contributed by atoms with van der Waals surface area (Å²) in [5, 5.41) is 5.13. The van der Waals surface area contributed by atoms with Gasteiger partial charge in [-0.05, 0) is 74.5 Å². The molecule has 2 aromatic heterocycles. The quantitative estimate of drug-likeness (QED) is 0.178. The number of hydrogen-bond acceptors (Lipinski definition) is 9. The van der Waals surface area contributed by atoms with Gasteiger partial charge in [0.05, 0.1) is 30.2 Å². The van der Waals surface area contributed by atoms with Crippen LogP contribution in [0.25, 0.3) is 5.69 Å². The van der Waals surface area contributed by atoms with E-state index in [0.29, 0.717) is 41.1 Å². The fraction of sp³-hybridized carbons (Fsp3) is 0.333. The second kappa shape index (κ2) is 14.3. The van der Waals surface area contributed by atoms with Crippen molar-refractivity contribution in [2.24, 2.45) is 0 Å². The van der Waals surface area contributed by atoms with Crippen molar-refractivity contribution < 1.29 is 19.0 Å². The molecule has 2 fully saturated rings. The Morgan fingerprint density at radius 1 is 0.960 bits per heavy atom. The van der Waals surface area contributed by atoms with E-state index in [1.54, 1.807) is 31.6 Å². The average Bonchev–Trinajstić information content (AvgIpc) is 3.88. The molecule has 0 aliphatic carbocycles. The fourth-order valence-corrected chi connectivity index (χ4v) is 6.85. The third kappa shape index (κ3) is 7.02. The SMILES string of the molecule is CC(=O)C(C)n1ncn(-c2ccc(N3CCN(c4ccc(OC[C@@H]5CO[C@@](Cn6ccnc6)(c6ccc(Cl)cc6Cl)O5)cc4)CC3)cc2)c1=O. The van der Waals surface area contributed by atoms with Crippen LogP contribution < -0.4 is 20.2 Å². The molecule has 3 aromatic carbocycles. The number of hydrogen-bond donors (Lipinski definition) is 0. The maximum Gasteiger partial charge on any atom is 0.351 e. The van der Waals surface area contributed by atoms with E-state index in [2.05, 4.69) is 32.0 Å². The van der Waals surface area contributed by atoms with Gasteiger partial charge in [0.25, 0.3) is 0 Å². The van der Waals surface area contributed by atoms with Gasteiger partial charge in [0.15, 0.2) is 5.78 Å². The predicted octanol–water partition coefficient (Wildman–Crippen LogP) is 5.36. The Morgan fingerprint density at radius 3 is 2.24 bits per heavy atom. The number of carbonyl (C=O) groups is 1. The van der Waals surface area contributed by atoms with Gasteiger partial charge in [-0.1, -0.05) is 29.3 Å². The maximum absolute atomic E-state index is 12.8. The van der Waals surface area contributed by atoms with Gasteiger partial charge in [-0.2, -0.15) is 5.10 Å². The molecule has 0 radical (unpaired) electrons. The van der Waals surface area contributed by atoms with Gasteiger partial charge >= 0.3 is 5.69 Å². The van der Waals surface area contributed by atoms with Crippen LogP contribution in [0.3, 0.4) is 0 Å². The van der Waals surface area contributed by atoms with Crippen LogP contribution in [-0.4, -0.2) is 75.2 Å². The largest absolute Gasteiger partial charge is 0.491 e. The van der Waals surface area contributed by atoms with Crippen molar-refractivity contribution in [1.29, 1.82) is 0 Å². The fourth-order valence-electron chi connectivity index (χ4n) is 6.30. The first-order valence-electron chi connectivity index (χ1n) is 16.4. The molecule has 0 amide bonds.